The molecular weight excluding hydrogens is 575 g/mol. The number of piperazine rings is 1. The highest BCUT2D eigenvalue weighted by atomic mass is 19.4. The van der Waals surface area contributed by atoms with Crippen LogP contribution < -0.4 is 21.6 Å². The molecule has 1 aromatic carbocycles. The molecule has 16 heteroatoms. The predicted octanol–water partition coefficient (Wildman–Crippen LogP) is 0.265. The van der Waals surface area contributed by atoms with E-state index in [0.717, 1.165) is 13.2 Å². The monoisotopic (exact) mass is 604 g/mol. The first-order chi connectivity index (χ1) is 20.3. The number of halogens is 3. The summed E-state index contributed by atoms with van der Waals surface area (Å²) in [5.41, 5.74) is 10.4. The Kier molecular flexibility index (Phi) is 8.70. The zero-order valence-corrected chi connectivity index (χ0v) is 23.4. The molecule has 0 bridgehead atoms. The lowest BCUT2D eigenvalue weighted by Gasteiger charge is -2.39. The number of esters is 1. The number of nitrogens with zero attached hydrogens (tertiary/aromatic N) is 4. The molecular formula is C27H29F3N7O6+. The molecule has 1 unspecified atom stereocenters. The summed E-state index contributed by atoms with van der Waals surface area (Å²) < 4.78 is 56.0. The molecule has 1 atom stereocenters. The van der Waals surface area contributed by atoms with Gasteiger partial charge in [-0.1, -0.05) is 0 Å². The average Bonchev–Trinajstić information content (AvgIpc) is 3.42. The molecule has 228 valence electrons. The summed E-state index contributed by atoms with van der Waals surface area (Å²) in [6, 6.07) is 3.68. The number of rotatable bonds is 7. The van der Waals surface area contributed by atoms with E-state index < -0.39 is 35.7 Å². The van der Waals surface area contributed by atoms with Gasteiger partial charge in [0, 0.05) is 35.8 Å². The van der Waals surface area contributed by atoms with Crippen LogP contribution >= 0.6 is 0 Å². The third-order valence-corrected chi connectivity index (χ3v) is 6.68. The van der Waals surface area contributed by atoms with Crippen LogP contribution in [0, 0.1) is 0 Å². The number of nitrogens with two attached hydrogens (primary N) is 3. The van der Waals surface area contributed by atoms with Crippen molar-refractivity contribution >= 4 is 34.4 Å². The molecule has 2 amide bonds. The van der Waals surface area contributed by atoms with Crippen molar-refractivity contribution in [3.63, 3.8) is 0 Å². The summed E-state index contributed by atoms with van der Waals surface area (Å²) in [6.45, 7) is 0.991. The molecule has 1 aliphatic heterocycles. The molecule has 1 fully saturated rings. The lowest BCUT2D eigenvalue weighted by atomic mass is 10.1. The molecule has 43 heavy (non-hydrogen) atoms. The third kappa shape index (κ3) is 6.13. The minimum Gasteiger partial charge on any atom is -0.494 e. The van der Waals surface area contributed by atoms with Crippen LogP contribution in [0.2, 0.25) is 0 Å². The van der Waals surface area contributed by atoms with E-state index in [2.05, 4.69) is 9.97 Å². The van der Waals surface area contributed by atoms with Crippen molar-refractivity contribution in [1.82, 2.24) is 19.8 Å². The van der Waals surface area contributed by atoms with E-state index in [1.807, 2.05) is 0 Å². The molecule has 0 aliphatic carbocycles. The van der Waals surface area contributed by atoms with Crippen LogP contribution in [-0.4, -0.2) is 83.2 Å². The summed E-state index contributed by atoms with van der Waals surface area (Å²) in [4.78, 5) is 49.8. The van der Waals surface area contributed by atoms with Crippen LogP contribution in [0.4, 0.5) is 13.2 Å². The van der Waals surface area contributed by atoms with E-state index in [9.17, 15) is 27.6 Å². The molecule has 6 N–H and O–H groups in total. The van der Waals surface area contributed by atoms with Crippen molar-refractivity contribution in [3.8, 4) is 17.2 Å². The first-order valence-corrected chi connectivity index (χ1v) is 12.8. The number of hydrogen-bond acceptors (Lipinski definition) is 10. The van der Waals surface area contributed by atoms with Gasteiger partial charge in [-0.05, 0) is 31.2 Å². The normalized spacial score (nSPS) is 15.9. The fourth-order valence-corrected chi connectivity index (χ4v) is 4.65. The van der Waals surface area contributed by atoms with Crippen LogP contribution in [0.1, 0.15) is 28.9 Å². The van der Waals surface area contributed by atoms with Crippen LogP contribution in [0.3, 0.4) is 0 Å². The van der Waals surface area contributed by atoms with E-state index in [1.165, 1.54) is 41.2 Å². The largest absolute Gasteiger partial charge is 0.494 e. The minimum atomic E-state index is -4.70. The van der Waals surface area contributed by atoms with Crippen molar-refractivity contribution in [1.29, 1.82) is 0 Å². The standard InChI is InChI=1S/C27H28F3N7O6/c1-13(32)10-16(33)24(38)36-8-9-37(17(12-36)26(40)42-3)25(39)22-19(11-31)43-23(35-22)15-4-6-18(41-2)21-14(15)5-7-20(34-21)27(28,29)30/h4-7,10,17,33H,8-9,11-12,31-32H2,1-3H3/p+1. The number of allylic oxidation sites excluding steroid dienone is 1. The molecule has 3 heterocycles. The number of methoxy groups -OCH3 is 2. The second-order valence-corrected chi connectivity index (χ2v) is 9.53. The minimum absolute atomic E-state index is 0.0230. The number of carbonyl (C=O) groups excluding carboxylic acids is 3. The molecule has 1 aliphatic rings. The number of aromatic nitrogens is 2. The topological polar surface area (TPSA) is 193 Å². The summed E-state index contributed by atoms with van der Waals surface area (Å²) in [5.74, 6) is -2.18. The number of fused-ring (bicyclic) bond motifs is 1. The lowest BCUT2D eigenvalue weighted by Crippen LogP contribution is -2.62. The van der Waals surface area contributed by atoms with E-state index in [-0.39, 0.29) is 71.5 Å². The highest BCUT2D eigenvalue weighted by molar-refractivity contribution is 6.40. The molecule has 4 rings (SSSR count). The number of amides is 2. The molecule has 13 nitrogen and oxygen atoms in total. The summed E-state index contributed by atoms with van der Waals surface area (Å²) >= 11 is 0. The van der Waals surface area contributed by atoms with Gasteiger partial charge in [0.05, 0.1) is 27.3 Å². The zero-order valence-electron chi connectivity index (χ0n) is 23.4. The highest BCUT2D eigenvalue weighted by Crippen LogP contribution is 2.37. The molecule has 0 spiro atoms. The van der Waals surface area contributed by atoms with Gasteiger partial charge < -0.3 is 35.2 Å². The fourth-order valence-electron chi connectivity index (χ4n) is 4.65. The Morgan fingerprint density at radius 1 is 1.16 bits per heavy atom. The van der Waals surface area contributed by atoms with Crippen molar-refractivity contribution < 1.29 is 46.9 Å². The van der Waals surface area contributed by atoms with Crippen molar-refractivity contribution in [2.45, 2.75) is 25.7 Å². The summed E-state index contributed by atoms with van der Waals surface area (Å²) in [5, 5.41) is 6.05. The van der Waals surface area contributed by atoms with Gasteiger partial charge in [-0.15, -0.1) is 0 Å². The number of alkyl halides is 3. The Hall–Kier alpha value is -4.99. The smallest absolute Gasteiger partial charge is 0.433 e. The van der Waals surface area contributed by atoms with Gasteiger partial charge in [0.2, 0.25) is 5.89 Å². The van der Waals surface area contributed by atoms with Crippen LogP contribution in [0.15, 0.2) is 40.5 Å². The van der Waals surface area contributed by atoms with Crippen molar-refractivity contribution in [2.24, 2.45) is 11.5 Å². The van der Waals surface area contributed by atoms with Gasteiger partial charge in [0.15, 0.2) is 11.5 Å². The quantitative estimate of drug-likeness (QED) is 0.249. The number of ether oxygens (including phenoxy) is 2. The second kappa shape index (κ2) is 12.1. The molecule has 2 aromatic heterocycles. The van der Waals surface area contributed by atoms with E-state index in [1.54, 1.807) is 6.92 Å². The van der Waals surface area contributed by atoms with Crippen LogP contribution in [0.25, 0.3) is 22.4 Å². The first-order valence-electron chi connectivity index (χ1n) is 12.8. The van der Waals surface area contributed by atoms with Gasteiger partial charge in [0.1, 0.15) is 23.0 Å². The maximum atomic E-state index is 13.8. The Balaban J connectivity index is 1.71. The maximum Gasteiger partial charge on any atom is 0.433 e. The molecule has 3 aromatic rings. The molecule has 0 radical (unpaired) electrons. The zero-order chi connectivity index (χ0) is 31.6. The fraction of sp³-hybridized carbons (Fsp3) is 0.333. The molecule has 1 saturated heterocycles. The number of carbonyl (C=O) groups is 3. The predicted molar refractivity (Wildman–Crippen MR) is 145 cm³/mol. The Bertz CT molecular complexity index is 1630. The van der Waals surface area contributed by atoms with E-state index in [0.29, 0.717) is 5.70 Å². The van der Waals surface area contributed by atoms with E-state index >= 15 is 0 Å². The number of oxazole rings is 1. The average molecular weight is 605 g/mol. The van der Waals surface area contributed by atoms with Gasteiger partial charge in [-0.2, -0.15) is 13.2 Å². The van der Waals surface area contributed by atoms with Gasteiger partial charge in [0.25, 0.3) is 11.6 Å². The van der Waals surface area contributed by atoms with Gasteiger partial charge >= 0.3 is 18.1 Å². The lowest BCUT2D eigenvalue weighted by molar-refractivity contribution is -0.152. The number of benzene rings is 1. The maximum absolute atomic E-state index is 13.8. The Morgan fingerprint density at radius 2 is 1.88 bits per heavy atom. The van der Waals surface area contributed by atoms with E-state index in [4.69, 9.17) is 30.8 Å². The van der Waals surface area contributed by atoms with Gasteiger partial charge in [-0.25, -0.2) is 20.2 Å². The summed E-state index contributed by atoms with van der Waals surface area (Å²) in [7, 11) is 2.43. The highest BCUT2D eigenvalue weighted by Gasteiger charge is 2.41. The Morgan fingerprint density at radius 3 is 2.49 bits per heavy atom. The SMILES string of the molecule is COC(=O)C1CN(C(=O)C(=[NH2+])C=C(C)N)CCN1C(=O)c1nc(-c2ccc(OC)c3nc(C(F)(F)F)ccc23)oc1CN. The van der Waals surface area contributed by atoms with Gasteiger partial charge in [-0.3, -0.25) is 9.59 Å². The number of pyridine rings is 1. The Labute approximate surface area is 242 Å². The van der Waals surface area contributed by atoms with Crippen molar-refractivity contribution in [2.75, 3.05) is 33.9 Å². The second-order valence-electron chi connectivity index (χ2n) is 9.53. The van der Waals surface area contributed by atoms with Crippen molar-refractivity contribution in [3.05, 3.63) is 53.2 Å². The molecule has 0 saturated carbocycles. The third-order valence-electron chi connectivity index (χ3n) is 6.68. The first kappa shape index (κ1) is 31.0. The summed E-state index contributed by atoms with van der Waals surface area (Å²) in [6.07, 6.45) is -3.40. The van der Waals surface area contributed by atoms with Crippen LogP contribution in [0.5, 0.6) is 5.75 Å². The van der Waals surface area contributed by atoms with Crippen LogP contribution in [-0.2, 0) is 27.0 Å². The number of hydrogen-bond donors (Lipinski definition) is 3.